The number of aromatic nitrogens is 2. The SMILES string of the molecule is Cc1ccc(NC(=O)c2cccc(CF)c2)cc1C(=O)Nc1cnc(Nc2ccc(CCCN3CCCC3)cc2)nc1. The van der Waals surface area contributed by atoms with E-state index >= 15 is 0 Å². The molecule has 8 nitrogen and oxygen atoms in total. The largest absolute Gasteiger partial charge is 0.324 e. The van der Waals surface area contributed by atoms with E-state index in [4.69, 9.17) is 0 Å². The van der Waals surface area contributed by atoms with E-state index in [-0.39, 0.29) is 11.8 Å². The second-order valence-electron chi connectivity index (χ2n) is 10.5. The summed E-state index contributed by atoms with van der Waals surface area (Å²) < 4.78 is 13.0. The lowest BCUT2D eigenvalue weighted by Gasteiger charge is -2.14. The number of alkyl halides is 1. The van der Waals surface area contributed by atoms with Gasteiger partial charge in [-0.1, -0.05) is 30.3 Å². The minimum absolute atomic E-state index is 0.339. The topological polar surface area (TPSA) is 99.2 Å². The normalized spacial score (nSPS) is 13.1. The maximum absolute atomic E-state index is 13.0. The van der Waals surface area contributed by atoms with E-state index < -0.39 is 6.67 Å². The Kier molecular flexibility index (Phi) is 9.51. The van der Waals surface area contributed by atoms with Gasteiger partial charge in [-0.25, -0.2) is 14.4 Å². The molecule has 2 amide bonds. The average Bonchev–Trinajstić information content (AvgIpc) is 3.53. The number of benzene rings is 3. The van der Waals surface area contributed by atoms with E-state index in [9.17, 15) is 14.0 Å². The molecule has 1 aliphatic heterocycles. The zero-order valence-electron chi connectivity index (χ0n) is 23.7. The van der Waals surface area contributed by atoms with Crippen LogP contribution in [0.3, 0.4) is 0 Å². The van der Waals surface area contributed by atoms with Crippen molar-refractivity contribution in [1.29, 1.82) is 0 Å². The second kappa shape index (κ2) is 13.8. The molecular formula is C33H35FN6O2. The van der Waals surface area contributed by atoms with Gasteiger partial charge >= 0.3 is 0 Å². The van der Waals surface area contributed by atoms with E-state index in [2.05, 4.69) is 43.0 Å². The number of nitrogens with zero attached hydrogens (tertiary/aromatic N) is 3. The molecule has 0 aliphatic carbocycles. The minimum Gasteiger partial charge on any atom is -0.324 e. The highest BCUT2D eigenvalue weighted by Gasteiger charge is 2.14. The molecule has 1 aliphatic rings. The van der Waals surface area contributed by atoms with Gasteiger partial charge in [0.1, 0.15) is 6.67 Å². The zero-order valence-corrected chi connectivity index (χ0v) is 23.7. The first-order valence-corrected chi connectivity index (χ1v) is 14.3. The molecule has 0 unspecified atom stereocenters. The molecule has 42 heavy (non-hydrogen) atoms. The van der Waals surface area contributed by atoms with Crippen molar-refractivity contribution in [2.45, 2.75) is 39.3 Å². The van der Waals surface area contributed by atoms with Crippen LogP contribution in [0.1, 0.15) is 56.7 Å². The van der Waals surface area contributed by atoms with Crippen LogP contribution in [0, 0.1) is 6.92 Å². The van der Waals surface area contributed by atoms with E-state index in [1.54, 1.807) is 48.8 Å². The molecule has 3 aromatic carbocycles. The Bertz CT molecular complexity index is 1520. The van der Waals surface area contributed by atoms with Gasteiger partial charge in [0, 0.05) is 22.5 Å². The molecule has 1 aromatic heterocycles. The number of hydrogen-bond donors (Lipinski definition) is 3. The number of likely N-dealkylation sites (tertiary alicyclic amines) is 1. The summed E-state index contributed by atoms with van der Waals surface area (Å²) in [6.07, 6.45) is 7.95. The highest BCUT2D eigenvalue weighted by molar-refractivity contribution is 6.08. The Morgan fingerprint density at radius 3 is 2.29 bits per heavy atom. The molecule has 9 heteroatoms. The van der Waals surface area contributed by atoms with Crippen molar-refractivity contribution >= 4 is 34.8 Å². The van der Waals surface area contributed by atoms with Crippen LogP contribution >= 0.6 is 0 Å². The Labute approximate surface area is 245 Å². The molecule has 216 valence electrons. The molecule has 0 radical (unpaired) electrons. The Hall–Kier alpha value is -4.63. The third-order valence-electron chi connectivity index (χ3n) is 7.34. The number of aryl methyl sites for hydroxylation is 2. The molecule has 1 saturated heterocycles. The molecule has 5 rings (SSSR count). The number of carbonyl (C=O) groups is 2. The van der Waals surface area contributed by atoms with Crippen molar-refractivity contribution in [2.24, 2.45) is 0 Å². The lowest BCUT2D eigenvalue weighted by molar-refractivity contribution is 0.101. The summed E-state index contributed by atoms with van der Waals surface area (Å²) in [5, 5.41) is 8.79. The van der Waals surface area contributed by atoms with E-state index in [0.717, 1.165) is 30.6 Å². The van der Waals surface area contributed by atoms with Gasteiger partial charge in [0.15, 0.2) is 0 Å². The Balaban J connectivity index is 1.14. The summed E-state index contributed by atoms with van der Waals surface area (Å²) in [6, 6.07) is 19.7. The quantitative estimate of drug-likeness (QED) is 0.191. The summed E-state index contributed by atoms with van der Waals surface area (Å²) in [5.74, 6) is -0.315. The maximum Gasteiger partial charge on any atom is 0.256 e. The standard InChI is InChI=1S/C33H35FN6O2/c1-23-9-12-28(37-31(41)26-8-4-6-25(18-26)20-34)19-30(23)32(42)38-29-21-35-33(36-22-29)39-27-13-10-24(11-14-27)7-5-17-40-15-2-3-16-40/h4,6,8-14,18-19,21-22H,2-3,5,7,15-17,20H2,1H3,(H,37,41)(H,38,42)(H,35,36,39). The van der Waals surface area contributed by atoms with Gasteiger partial charge in [0.05, 0.1) is 18.1 Å². The van der Waals surface area contributed by atoms with Crippen molar-refractivity contribution in [2.75, 3.05) is 35.6 Å². The molecule has 0 bridgehead atoms. The van der Waals surface area contributed by atoms with Gasteiger partial charge in [0.2, 0.25) is 5.95 Å². The molecule has 1 fully saturated rings. The fraction of sp³-hybridized carbons (Fsp3) is 0.273. The van der Waals surface area contributed by atoms with Crippen LogP contribution in [0.15, 0.2) is 79.1 Å². The molecule has 0 spiro atoms. The van der Waals surface area contributed by atoms with Crippen molar-refractivity contribution < 1.29 is 14.0 Å². The van der Waals surface area contributed by atoms with Crippen LogP contribution < -0.4 is 16.0 Å². The summed E-state index contributed by atoms with van der Waals surface area (Å²) in [6.45, 7) is 4.79. The van der Waals surface area contributed by atoms with Crippen LogP contribution in [0.5, 0.6) is 0 Å². The van der Waals surface area contributed by atoms with E-state index in [0.29, 0.717) is 34.0 Å². The monoisotopic (exact) mass is 566 g/mol. The van der Waals surface area contributed by atoms with Gasteiger partial charge < -0.3 is 20.9 Å². The fourth-order valence-corrected chi connectivity index (χ4v) is 5.00. The van der Waals surface area contributed by atoms with Crippen LogP contribution in [0.2, 0.25) is 0 Å². The molecule has 0 atom stereocenters. The predicted molar refractivity (Wildman–Crippen MR) is 164 cm³/mol. The Morgan fingerprint density at radius 2 is 1.55 bits per heavy atom. The minimum atomic E-state index is -0.650. The van der Waals surface area contributed by atoms with Crippen LogP contribution in [0.4, 0.5) is 27.4 Å². The lowest BCUT2D eigenvalue weighted by atomic mass is 10.1. The van der Waals surface area contributed by atoms with E-state index in [1.807, 2.05) is 19.1 Å². The van der Waals surface area contributed by atoms with Crippen LogP contribution in [0.25, 0.3) is 0 Å². The number of amides is 2. The summed E-state index contributed by atoms with van der Waals surface area (Å²) in [5.41, 5.74) is 4.99. The Morgan fingerprint density at radius 1 is 0.833 bits per heavy atom. The van der Waals surface area contributed by atoms with Gasteiger partial charge in [-0.2, -0.15) is 0 Å². The number of anilines is 4. The molecular weight excluding hydrogens is 531 g/mol. The third kappa shape index (κ3) is 7.76. The van der Waals surface area contributed by atoms with Crippen molar-refractivity contribution in [3.8, 4) is 0 Å². The van der Waals surface area contributed by atoms with E-state index in [1.165, 1.54) is 37.6 Å². The first kappa shape index (κ1) is 28.9. The molecule has 3 N–H and O–H groups in total. The van der Waals surface area contributed by atoms with Gasteiger partial charge in [0.25, 0.3) is 11.8 Å². The summed E-state index contributed by atoms with van der Waals surface area (Å²) in [7, 11) is 0. The maximum atomic E-state index is 13.0. The van der Waals surface area contributed by atoms with Gasteiger partial charge in [-0.15, -0.1) is 0 Å². The predicted octanol–water partition coefficient (Wildman–Crippen LogP) is 6.53. The summed E-state index contributed by atoms with van der Waals surface area (Å²) >= 11 is 0. The van der Waals surface area contributed by atoms with Crippen molar-refractivity contribution in [1.82, 2.24) is 14.9 Å². The number of halogens is 1. The van der Waals surface area contributed by atoms with Crippen molar-refractivity contribution in [3.05, 3.63) is 107 Å². The first-order valence-electron chi connectivity index (χ1n) is 14.3. The number of hydrogen-bond acceptors (Lipinski definition) is 6. The van der Waals surface area contributed by atoms with Gasteiger partial charge in [-0.05, 0) is 105 Å². The summed E-state index contributed by atoms with van der Waals surface area (Å²) in [4.78, 5) is 36.9. The average molecular weight is 567 g/mol. The molecule has 4 aromatic rings. The number of nitrogens with one attached hydrogen (secondary N) is 3. The first-order chi connectivity index (χ1) is 20.5. The molecule has 0 saturated carbocycles. The van der Waals surface area contributed by atoms with Gasteiger partial charge in [-0.3, -0.25) is 9.59 Å². The smallest absolute Gasteiger partial charge is 0.256 e. The lowest BCUT2D eigenvalue weighted by Crippen LogP contribution is -2.20. The fourth-order valence-electron chi connectivity index (χ4n) is 5.00. The number of rotatable bonds is 11. The zero-order chi connectivity index (χ0) is 29.3. The van der Waals surface area contributed by atoms with Crippen LogP contribution in [-0.2, 0) is 13.1 Å². The molecule has 2 heterocycles. The second-order valence-corrected chi connectivity index (χ2v) is 10.5. The third-order valence-corrected chi connectivity index (χ3v) is 7.34. The highest BCUT2D eigenvalue weighted by Crippen LogP contribution is 2.20. The highest BCUT2D eigenvalue weighted by atomic mass is 19.1. The number of carbonyl (C=O) groups excluding carboxylic acids is 2. The van der Waals surface area contributed by atoms with Crippen LogP contribution in [-0.4, -0.2) is 46.3 Å². The van der Waals surface area contributed by atoms with Crippen molar-refractivity contribution in [3.63, 3.8) is 0 Å².